The summed E-state index contributed by atoms with van der Waals surface area (Å²) in [5, 5.41) is 26.6. The van der Waals surface area contributed by atoms with Gasteiger partial charge >= 0.3 is 5.97 Å². The van der Waals surface area contributed by atoms with Crippen LogP contribution >= 0.6 is 0 Å². The van der Waals surface area contributed by atoms with Crippen molar-refractivity contribution in [2.75, 3.05) is 0 Å². The van der Waals surface area contributed by atoms with Crippen LogP contribution in [0.5, 0.6) is 0 Å². The molecule has 0 heterocycles. The molecule has 2 atom stereocenters. The third-order valence-electron chi connectivity index (χ3n) is 2.55. The summed E-state index contributed by atoms with van der Waals surface area (Å²) in [6.07, 6.45) is -1.22. The summed E-state index contributed by atoms with van der Waals surface area (Å²) in [7, 11) is -4.05. The summed E-state index contributed by atoms with van der Waals surface area (Å²) < 4.78 is 25.9. The molecule has 0 aliphatic rings. The molecule has 0 spiro atoms. The molecule has 0 saturated heterocycles. The van der Waals surface area contributed by atoms with Crippen LogP contribution in [-0.4, -0.2) is 36.7 Å². The van der Waals surface area contributed by atoms with Crippen LogP contribution in [-0.2, 0) is 21.2 Å². The maximum atomic E-state index is 12.0. The number of nitriles is 1. The second-order valence-corrected chi connectivity index (χ2v) is 5.87. The monoisotopic (exact) mass is 298 g/mol. The van der Waals surface area contributed by atoms with Crippen LogP contribution in [0.15, 0.2) is 29.2 Å². The lowest BCUT2D eigenvalue weighted by atomic mass is 10.2. The molecule has 7 nitrogen and oxygen atoms in total. The number of aliphatic hydroxyl groups is 1. The van der Waals surface area contributed by atoms with Gasteiger partial charge in [0, 0.05) is 0 Å². The minimum atomic E-state index is -4.05. The Morgan fingerprint density at radius 3 is 2.35 bits per heavy atom. The number of aliphatic hydroxyl groups excluding tert-OH is 1. The molecule has 3 N–H and O–H groups in total. The van der Waals surface area contributed by atoms with Gasteiger partial charge in [0.2, 0.25) is 10.0 Å². The lowest BCUT2D eigenvalue weighted by Gasteiger charge is -2.17. The standard InChI is InChI=1S/C12H14N2O5S/c1-8(15)11(12(16)17)14-20(18,19)10-4-2-9(3-5-10)6-7-13/h2-5,8,11,14-15H,6H2,1H3,(H,16,17)/t8-,11+/m1/s1. The zero-order chi connectivity index (χ0) is 15.3. The number of carboxylic acid groups (broad SMARTS) is 1. The van der Waals surface area contributed by atoms with Gasteiger partial charge in [-0.3, -0.25) is 4.79 Å². The van der Waals surface area contributed by atoms with E-state index >= 15 is 0 Å². The first-order valence-corrected chi connectivity index (χ1v) is 7.15. The quantitative estimate of drug-likeness (QED) is 0.671. The van der Waals surface area contributed by atoms with Crippen molar-refractivity contribution in [1.29, 1.82) is 5.26 Å². The molecule has 0 aliphatic carbocycles. The lowest BCUT2D eigenvalue weighted by molar-refractivity contribution is -0.141. The van der Waals surface area contributed by atoms with Gasteiger partial charge in [0.15, 0.2) is 0 Å². The number of rotatable bonds is 6. The number of nitrogens with zero attached hydrogens (tertiary/aromatic N) is 1. The summed E-state index contributed by atoms with van der Waals surface area (Å²) in [6, 6.07) is 5.79. The molecule has 0 aliphatic heterocycles. The van der Waals surface area contributed by atoms with E-state index in [1.165, 1.54) is 31.2 Å². The first-order valence-electron chi connectivity index (χ1n) is 5.67. The van der Waals surface area contributed by atoms with Crippen molar-refractivity contribution in [3.05, 3.63) is 29.8 Å². The van der Waals surface area contributed by atoms with Crippen molar-refractivity contribution in [3.8, 4) is 6.07 Å². The molecule has 0 aromatic heterocycles. The summed E-state index contributed by atoms with van der Waals surface area (Å²) in [5.74, 6) is -1.47. The van der Waals surface area contributed by atoms with Gasteiger partial charge in [0.05, 0.1) is 23.5 Å². The zero-order valence-electron chi connectivity index (χ0n) is 10.6. The maximum Gasteiger partial charge on any atom is 0.324 e. The molecule has 0 amide bonds. The van der Waals surface area contributed by atoms with Crippen molar-refractivity contribution < 1.29 is 23.4 Å². The Morgan fingerprint density at radius 1 is 1.40 bits per heavy atom. The molecule has 0 unspecified atom stereocenters. The Bertz CT molecular complexity index is 616. The lowest BCUT2D eigenvalue weighted by Crippen LogP contribution is -2.47. The van der Waals surface area contributed by atoms with Crippen LogP contribution in [0.1, 0.15) is 12.5 Å². The average molecular weight is 298 g/mol. The van der Waals surface area contributed by atoms with Gasteiger partial charge in [-0.15, -0.1) is 0 Å². The molecule has 1 aromatic rings. The minimum absolute atomic E-state index is 0.133. The summed E-state index contributed by atoms with van der Waals surface area (Å²) in [5.41, 5.74) is 0.650. The van der Waals surface area contributed by atoms with Crippen LogP contribution in [0.25, 0.3) is 0 Å². The topological polar surface area (TPSA) is 127 Å². The number of sulfonamides is 1. The van der Waals surface area contributed by atoms with E-state index in [9.17, 15) is 18.3 Å². The SMILES string of the molecule is C[C@@H](O)[C@H](NS(=O)(=O)c1ccc(CC#N)cc1)C(=O)O. The average Bonchev–Trinajstić information content (AvgIpc) is 2.36. The normalized spacial score (nSPS) is 14.2. The van der Waals surface area contributed by atoms with E-state index < -0.39 is 28.1 Å². The van der Waals surface area contributed by atoms with Crippen molar-refractivity contribution >= 4 is 16.0 Å². The molecule has 0 saturated carbocycles. The predicted molar refractivity (Wildman–Crippen MR) is 69.2 cm³/mol. The molecule has 0 bridgehead atoms. The van der Waals surface area contributed by atoms with Gasteiger partial charge in [-0.2, -0.15) is 9.98 Å². The highest BCUT2D eigenvalue weighted by atomic mass is 32.2. The van der Waals surface area contributed by atoms with E-state index in [-0.39, 0.29) is 11.3 Å². The summed E-state index contributed by atoms with van der Waals surface area (Å²) in [4.78, 5) is 10.7. The largest absolute Gasteiger partial charge is 0.480 e. The van der Waals surface area contributed by atoms with Gasteiger partial charge in [-0.1, -0.05) is 12.1 Å². The Labute approximate surface area is 116 Å². The Hall–Kier alpha value is -1.95. The van der Waals surface area contributed by atoms with Gasteiger partial charge in [-0.25, -0.2) is 8.42 Å². The Balaban J connectivity index is 2.99. The second kappa shape index (κ2) is 6.47. The summed E-state index contributed by atoms with van der Waals surface area (Å²) in [6.45, 7) is 1.18. The summed E-state index contributed by atoms with van der Waals surface area (Å²) >= 11 is 0. The Kier molecular flexibility index (Phi) is 5.21. The number of hydrogen-bond donors (Lipinski definition) is 3. The first kappa shape index (κ1) is 16.1. The van der Waals surface area contributed by atoms with E-state index in [1.807, 2.05) is 10.8 Å². The first-order chi connectivity index (χ1) is 9.27. The number of benzene rings is 1. The predicted octanol–water partition coefficient (Wildman–Crippen LogP) is -0.135. The fourth-order valence-corrected chi connectivity index (χ4v) is 2.73. The maximum absolute atomic E-state index is 12.0. The van der Waals surface area contributed by atoms with E-state index in [1.54, 1.807) is 0 Å². The van der Waals surface area contributed by atoms with Crippen molar-refractivity contribution in [3.63, 3.8) is 0 Å². The van der Waals surface area contributed by atoms with E-state index in [2.05, 4.69) is 0 Å². The van der Waals surface area contributed by atoms with Crippen LogP contribution in [0.4, 0.5) is 0 Å². The van der Waals surface area contributed by atoms with Crippen molar-refractivity contribution in [1.82, 2.24) is 4.72 Å². The zero-order valence-corrected chi connectivity index (χ0v) is 11.5. The van der Waals surface area contributed by atoms with Crippen molar-refractivity contribution in [2.45, 2.75) is 30.4 Å². The number of hydrogen-bond acceptors (Lipinski definition) is 5. The third kappa shape index (κ3) is 4.03. The molecule has 20 heavy (non-hydrogen) atoms. The number of carbonyl (C=O) groups is 1. The van der Waals surface area contributed by atoms with E-state index in [4.69, 9.17) is 10.4 Å². The number of carboxylic acids is 1. The molecule has 0 fully saturated rings. The van der Waals surface area contributed by atoms with Crippen molar-refractivity contribution in [2.24, 2.45) is 0 Å². The van der Waals surface area contributed by atoms with Gasteiger partial charge in [0.1, 0.15) is 6.04 Å². The third-order valence-corrected chi connectivity index (χ3v) is 4.00. The highest BCUT2D eigenvalue weighted by Crippen LogP contribution is 2.12. The fourth-order valence-electron chi connectivity index (χ4n) is 1.47. The van der Waals surface area contributed by atoms with Crippen LogP contribution < -0.4 is 4.72 Å². The number of nitrogens with one attached hydrogen (secondary N) is 1. The van der Waals surface area contributed by atoms with E-state index in [0.29, 0.717) is 5.56 Å². The molecule has 108 valence electrons. The van der Waals surface area contributed by atoms with Gasteiger partial charge in [0.25, 0.3) is 0 Å². The van der Waals surface area contributed by atoms with Crippen LogP contribution in [0.3, 0.4) is 0 Å². The fraction of sp³-hybridized carbons (Fsp3) is 0.333. The highest BCUT2D eigenvalue weighted by Gasteiger charge is 2.29. The van der Waals surface area contributed by atoms with Crippen LogP contribution in [0.2, 0.25) is 0 Å². The molecule has 0 radical (unpaired) electrons. The highest BCUT2D eigenvalue weighted by molar-refractivity contribution is 7.89. The van der Waals surface area contributed by atoms with Crippen LogP contribution in [0, 0.1) is 11.3 Å². The Morgan fingerprint density at radius 2 is 1.95 bits per heavy atom. The van der Waals surface area contributed by atoms with Gasteiger partial charge < -0.3 is 10.2 Å². The molecular weight excluding hydrogens is 284 g/mol. The van der Waals surface area contributed by atoms with Gasteiger partial charge in [-0.05, 0) is 24.6 Å². The molecular formula is C12H14N2O5S. The molecule has 1 aromatic carbocycles. The minimum Gasteiger partial charge on any atom is -0.480 e. The second-order valence-electron chi connectivity index (χ2n) is 4.16. The smallest absolute Gasteiger partial charge is 0.324 e. The number of aliphatic carboxylic acids is 1. The molecule has 1 rings (SSSR count). The van der Waals surface area contributed by atoms with E-state index in [0.717, 1.165) is 0 Å². The molecule has 8 heteroatoms.